The van der Waals surface area contributed by atoms with Crippen LogP contribution in [0.1, 0.15) is 25.3 Å². The van der Waals surface area contributed by atoms with Crippen molar-refractivity contribution in [2.75, 3.05) is 25.1 Å². The number of hydrogen-bond acceptors (Lipinski definition) is 3. The maximum Gasteiger partial charge on any atom is 0.124 e. The molecule has 0 aromatic heterocycles. The van der Waals surface area contributed by atoms with Gasteiger partial charge < -0.3 is 15.4 Å². The summed E-state index contributed by atoms with van der Waals surface area (Å²) in [5, 5.41) is 0. The van der Waals surface area contributed by atoms with Crippen LogP contribution in [0.5, 0.6) is 5.75 Å². The SMILES string of the molecule is CCN1c2cccc(OC)c2CC1CCCN. The maximum absolute atomic E-state index is 5.61. The number of nitrogens with zero attached hydrogens (tertiary/aromatic N) is 1. The Morgan fingerprint density at radius 3 is 2.94 bits per heavy atom. The normalized spacial score (nSPS) is 18.3. The summed E-state index contributed by atoms with van der Waals surface area (Å²) in [5.41, 5.74) is 8.31. The third kappa shape index (κ3) is 2.25. The van der Waals surface area contributed by atoms with Crippen LogP contribution in [0.25, 0.3) is 0 Å². The molecule has 17 heavy (non-hydrogen) atoms. The molecule has 94 valence electrons. The van der Waals surface area contributed by atoms with Crippen molar-refractivity contribution in [1.29, 1.82) is 0 Å². The summed E-state index contributed by atoms with van der Waals surface area (Å²) in [5.74, 6) is 1.02. The van der Waals surface area contributed by atoms with Crippen LogP contribution in [0, 0.1) is 0 Å². The molecule has 1 aliphatic rings. The van der Waals surface area contributed by atoms with E-state index >= 15 is 0 Å². The van der Waals surface area contributed by atoms with Crippen LogP contribution in [0.3, 0.4) is 0 Å². The minimum Gasteiger partial charge on any atom is -0.496 e. The minimum atomic E-state index is 0.592. The molecule has 1 heterocycles. The molecule has 2 rings (SSSR count). The van der Waals surface area contributed by atoms with Crippen molar-refractivity contribution in [2.24, 2.45) is 5.73 Å². The molecule has 0 aliphatic carbocycles. The van der Waals surface area contributed by atoms with Crippen LogP contribution < -0.4 is 15.4 Å². The number of methoxy groups -OCH3 is 1. The third-order valence-electron chi connectivity index (χ3n) is 3.60. The van der Waals surface area contributed by atoms with E-state index < -0.39 is 0 Å². The van der Waals surface area contributed by atoms with E-state index in [1.807, 2.05) is 0 Å². The quantitative estimate of drug-likeness (QED) is 0.848. The van der Waals surface area contributed by atoms with E-state index in [9.17, 15) is 0 Å². The first-order valence-corrected chi connectivity index (χ1v) is 6.44. The zero-order chi connectivity index (χ0) is 12.3. The van der Waals surface area contributed by atoms with Crippen LogP contribution in [0.4, 0.5) is 5.69 Å². The first-order chi connectivity index (χ1) is 8.31. The molecule has 3 nitrogen and oxygen atoms in total. The van der Waals surface area contributed by atoms with Gasteiger partial charge in [0.05, 0.1) is 7.11 Å². The van der Waals surface area contributed by atoms with Crippen molar-refractivity contribution >= 4 is 5.69 Å². The van der Waals surface area contributed by atoms with Crippen molar-refractivity contribution in [3.05, 3.63) is 23.8 Å². The number of likely N-dealkylation sites (N-methyl/N-ethyl adjacent to an activating group) is 1. The first-order valence-electron chi connectivity index (χ1n) is 6.44. The Morgan fingerprint density at radius 2 is 2.29 bits per heavy atom. The fraction of sp³-hybridized carbons (Fsp3) is 0.571. The topological polar surface area (TPSA) is 38.5 Å². The first kappa shape index (κ1) is 12.2. The Labute approximate surface area is 104 Å². The molecule has 0 saturated carbocycles. The lowest BCUT2D eigenvalue weighted by Gasteiger charge is -2.26. The molecule has 0 fully saturated rings. The molecular formula is C14H22N2O. The molecule has 0 spiro atoms. The minimum absolute atomic E-state index is 0.592. The number of anilines is 1. The zero-order valence-electron chi connectivity index (χ0n) is 10.8. The molecule has 0 saturated heterocycles. The molecule has 0 radical (unpaired) electrons. The van der Waals surface area contributed by atoms with Crippen LogP contribution in [-0.4, -0.2) is 26.2 Å². The summed E-state index contributed by atoms with van der Waals surface area (Å²) in [4.78, 5) is 2.48. The monoisotopic (exact) mass is 234 g/mol. The van der Waals surface area contributed by atoms with Crippen LogP contribution in [-0.2, 0) is 6.42 Å². The standard InChI is InChI=1S/C14H22N2O/c1-3-16-11(6-5-9-15)10-12-13(16)7-4-8-14(12)17-2/h4,7-8,11H,3,5-6,9-10,15H2,1-2H3. The molecule has 2 N–H and O–H groups in total. The van der Waals surface area contributed by atoms with E-state index in [4.69, 9.17) is 10.5 Å². The van der Waals surface area contributed by atoms with Gasteiger partial charge in [-0.05, 0) is 44.9 Å². The average molecular weight is 234 g/mol. The summed E-state index contributed by atoms with van der Waals surface area (Å²) in [6.07, 6.45) is 3.35. The Morgan fingerprint density at radius 1 is 1.47 bits per heavy atom. The number of benzene rings is 1. The molecular weight excluding hydrogens is 212 g/mol. The Balaban J connectivity index is 2.24. The lowest BCUT2D eigenvalue weighted by molar-refractivity contribution is 0.409. The highest BCUT2D eigenvalue weighted by Crippen LogP contribution is 2.39. The number of ether oxygens (including phenoxy) is 1. The molecule has 1 unspecified atom stereocenters. The summed E-state index contributed by atoms with van der Waals surface area (Å²) in [7, 11) is 1.75. The highest BCUT2D eigenvalue weighted by atomic mass is 16.5. The van der Waals surface area contributed by atoms with Gasteiger partial charge in [-0.15, -0.1) is 0 Å². The molecule has 1 atom stereocenters. The second-order valence-corrected chi connectivity index (χ2v) is 4.53. The zero-order valence-corrected chi connectivity index (χ0v) is 10.8. The molecule has 1 aromatic carbocycles. The van der Waals surface area contributed by atoms with Crippen molar-refractivity contribution in [2.45, 2.75) is 32.2 Å². The number of hydrogen-bond donors (Lipinski definition) is 1. The smallest absolute Gasteiger partial charge is 0.124 e. The lowest BCUT2D eigenvalue weighted by Crippen LogP contribution is -2.32. The van der Waals surface area contributed by atoms with Crippen molar-refractivity contribution in [1.82, 2.24) is 0 Å². The average Bonchev–Trinajstić information content (AvgIpc) is 2.73. The van der Waals surface area contributed by atoms with Gasteiger partial charge in [0.15, 0.2) is 0 Å². The van der Waals surface area contributed by atoms with Crippen molar-refractivity contribution < 1.29 is 4.74 Å². The fourth-order valence-corrected chi connectivity index (χ4v) is 2.80. The van der Waals surface area contributed by atoms with Gasteiger partial charge in [-0.3, -0.25) is 0 Å². The Hall–Kier alpha value is -1.22. The van der Waals surface area contributed by atoms with Crippen LogP contribution >= 0.6 is 0 Å². The highest BCUT2D eigenvalue weighted by Gasteiger charge is 2.29. The Kier molecular flexibility index (Phi) is 3.89. The van der Waals surface area contributed by atoms with Crippen LogP contribution in [0.15, 0.2) is 18.2 Å². The second kappa shape index (κ2) is 5.41. The molecule has 1 aromatic rings. The molecule has 3 heteroatoms. The number of fused-ring (bicyclic) bond motifs is 1. The van der Waals surface area contributed by atoms with E-state index in [2.05, 4.69) is 30.0 Å². The third-order valence-corrected chi connectivity index (χ3v) is 3.60. The van der Waals surface area contributed by atoms with Crippen LogP contribution in [0.2, 0.25) is 0 Å². The summed E-state index contributed by atoms with van der Waals surface area (Å²) in [6, 6.07) is 6.92. The molecule has 0 amide bonds. The van der Waals surface area contributed by atoms with Gasteiger partial charge in [-0.1, -0.05) is 6.07 Å². The predicted molar refractivity (Wildman–Crippen MR) is 71.8 cm³/mol. The fourth-order valence-electron chi connectivity index (χ4n) is 2.80. The lowest BCUT2D eigenvalue weighted by atomic mass is 10.1. The molecule has 1 aliphatic heterocycles. The van der Waals surface area contributed by atoms with Crippen molar-refractivity contribution in [3.8, 4) is 5.75 Å². The van der Waals surface area contributed by atoms with Gasteiger partial charge in [0.25, 0.3) is 0 Å². The van der Waals surface area contributed by atoms with Gasteiger partial charge in [0, 0.05) is 23.8 Å². The number of rotatable bonds is 5. The van der Waals surface area contributed by atoms with E-state index in [0.29, 0.717) is 6.04 Å². The van der Waals surface area contributed by atoms with Gasteiger partial charge >= 0.3 is 0 Å². The van der Waals surface area contributed by atoms with Crippen molar-refractivity contribution in [3.63, 3.8) is 0 Å². The highest BCUT2D eigenvalue weighted by molar-refractivity contribution is 5.64. The summed E-state index contributed by atoms with van der Waals surface area (Å²) < 4.78 is 5.45. The van der Waals surface area contributed by atoms with E-state index in [1.54, 1.807) is 7.11 Å². The van der Waals surface area contributed by atoms with Gasteiger partial charge in [-0.25, -0.2) is 0 Å². The van der Waals surface area contributed by atoms with E-state index in [-0.39, 0.29) is 0 Å². The van der Waals surface area contributed by atoms with E-state index in [0.717, 1.165) is 31.7 Å². The summed E-state index contributed by atoms with van der Waals surface area (Å²) >= 11 is 0. The van der Waals surface area contributed by atoms with Gasteiger partial charge in [0.2, 0.25) is 0 Å². The second-order valence-electron chi connectivity index (χ2n) is 4.53. The predicted octanol–water partition coefficient (Wildman–Crippen LogP) is 2.19. The number of nitrogens with two attached hydrogens (primary N) is 1. The van der Waals surface area contributed by atoms with E-state index in [1.165, 1.54) is 17.7 Å². The molecule has 0 bridgehead atoms. The van der Waals surface area contributed by atoms with Gasteiger partial charge in [-0.2, -0.15) is 0 Å². The maximum atomic E-state index is 5.61. The Bertz CT molecular complexity index is 378. The van der Waals surface area contributed by atoms with Gasteiger partial charge in [0.1, 0.15) is 5.75 Å². The largest absolute Gasteiger partial charge is 0.496 e. The summed E-state index contributed by atoms with van der Waals surface area (Å²) in [6.45, 7) is 4.04.